The lowest BCUT2D eigenvalue weighted by atomic mass is 10.1. The van der Waals surface area contributed by atoms with E-state index in [-0.39, 0.29) is 11.6 Å². The van der Waals surface area contributed by atoms with Crippen molar-refractivity contribution in [2.75, 3.05) is 0 Å². The van der Waals surface area contributed by atoms with Crippen LogP contribution in [0.5, 0.6) is 0 Å². The Kier molecular flexibility index (Phi) is 3.99. The summed E-state index contributed by atoms with van der Waals surface area (Å²) in [5, 5.41) is 10.3. The van der Waals surface area contributed by atoms with Gasteiger partial charge in [0.15, 0.2) is 23.3 Å². The van der Waals surface area contributed by atoms with Crippen molar-refractivity contribution in [1.82, 2.24) is 20.3 Å². The second kappa shape index (κ2) is 5.44. The van der Waals surface area contributed by atoms with E-state index in [2.05, 4.69) is 15.6 Å². The molecule has 0 fully saturated rings. The number of rotatable bonds is 3. The first-order valence-corrected chi connectivity index (χ1v) is 6.18. The van der Waals surface area contributed by atoms with Gasteiger partial charge in [-0.3, -0.25) is 0 Å². The first-order chi connectivity index (χ1) is 9.69. The van der Waals surface area contributed by atoms with Crippen LogP contribution >= 0.6 is 0 Å². The van der Waals surface area contributed by atoms with Crippen LogP contribution in [0.2, 0.25) is 0 Å². The summed E-state index contributed by atoms with van der Waals surface area (Å²) in [4.78, 5) is 0. The normalized spacial score (nSPS) is 12.0. The zero-order chi connectivity index (χ0) is 15.8. The molecule has 8 heteroatoms. The molecule has 1 aromatic heterocycles. The second-order valence-electron chi connectivity index (χ2n) is 5.57. The van der Waals surface area contributed by atoms with Crippen molar-refractivity contribution in [3.63, 3.8) is 0 Å². The van der Waals surface area contributed by atoms with E-state index in [1.165, 1.54) is 6.20 Å². The highest BCUT2D eigenvalue weighted by Crippen LogP contribution is 2.22. The minimum absolute atomic E-state index is 0.146. The molecule has 2 aromatic rings. The van der Waals surface area contributed by atoms with E-state index in [1.807, 2.05) is 20.8 Å². The highest BCUT2D eigenvalue weighted by atomic mass is 19.2. The molecular formula is C13H14F4N4. The number of nitrogens with zero attached hydrogens (tertiary/aromatic N) is 3. The average Bonchev–Trinajstić information content (AvgIpc) is 2.82. The molecule has 114 valence electrons. The third kappa shape index (κ3) is 3.38. The monoisotopic (exact) mass is 302 g/mol. The molecule has 0 spiro atoms. The lowest BCUT2D eigenvalue weighted by Crippen LogP contribution is -2.35. The second-order valence-corrected chi connectivity index (χ2v) is 5.57. The first kappa shape index (κ1) is 15.4. The van der Waals surface area contributed by atoms with Crippen LogP contribution in [0.15, 0.2) is 12.3 Å². The van der Waals surface area contributed by atoms with Crippen molar-refractivity contribution >= 4 is 0 Å². The van der Waals surface area contributed by atoms with E-state index in [4.69, 9.17) is 0 Å². The van der Waals surface area contributed by atoms with Gasteiger partial charge in [-0.15, -0.1) is 5.10 Å². The van der Waals surface area contributed by atoms with Crippen molar-refractivity contribution in [2.45, 2.75) is 32.9 Å². The standard InChI is InChI=1S/C13H14F4N4/c1-13(2,3)18-5-7-6-21(20-19-7)12-10(16)8(14)4-9(15)11(12)17/h4,6,18H,5H2,1-3H3. The predicted octanol–water partition coefficient (Wildman–Crippen LogP) is 2.71. The van der Waals surface area contributed by atoms with E-state index in [0.717, 1.165) is 0 Å². The Balaban J connectivity index is 2.34. The zero-order valence-electron chi connectivity index (χ0n) is 11.7. The van der Waals surface area contributed by atoms with E-state index in [9.17, 15) is 17.6 Å². The lowest BCUT2D eigenvalue weighted by molar-refractivity contribution is 0.421. The summed E-state index contributed by atoms with van der Waals surface area (Å²) >= 11 is 0. The molecule has 0 radical (unpaired) electrons. The van der Waals surface area contributed by atoms with Gasteiger partial charge in [-0.1, -0.05) is 5.21 Å². The molecule has 0 saturated carbocycles. The van der Waals surface area contributed by atoms with Gasteiger partial charge in [0.2, 0.25) is 0 Å². The van der Waals surface area contributed by atoms with Gasteiger partial charge in [-0.25, -0.2) is 22.2 Å². The van der Waals surface area contributed by atoms with Crippen LogP contribution in [0.1, 0.15) is 26.5 Å². The van der Waals surface area contributed by atoms with Crippen LogP contribution in [-0.2, 0) is 6.54 Å². The largest absolute Gasteiger partial charge is 0.306 e. The average molecular weight is 302 g/mol. The van der Waals surface area contributed by atoms with E-state index in [1.54, 1.807) is 0 Å². The van der Waals surface area contributed by atoms with Gasteiger partial charge in [-0.2, -0.15) is 0 Å². The molecule has 2 rings (SSSR count). The summed E-state index contributed by atoms with van der Waals surface area (Å²) in [7, 11) is 0. The number of benzene rings is 1. The third-order valence-electron chi connectivity index (χ3n) is 2.66. The maximum absolute atomic E-state index is 13.6. The SMILES string of the molecule is CC(C)(C)NCc1cn(-c2c(F)c(F)cc(F)c2F)nn1. The Labute approximate surface area is 118 Å². The smallest absolute Gasteiger partial charge is 0.187 e. The topological polar surface area (TPSA) is 42.7 Å². The van der Waals surface area contributed by atoms with Gasteiger partial charge in [0.1, 0.15) is 5.69 Å². The fourth-order valence-corrected chi connectivity index (χ4v) is 1.61. The van der Waals surface area contributed by atoms with Crippen molar-refractivity contribution in [3.8, 4) is 5.69 Å². The van der Waals surface area contributed by atoms with Crippen LogP contribution in [0.25, 0.3) is 5.69 Å². The molecule has 0 bridgehead atoms. The van der Waals surface area contributed by atoms with Gasteiger partial charge < -0.3 is 5.32 Å². The summed E-state index contributed by atoms with van der Waals surface area (Å²) in [6.45, 7) is 6.08. The fourth-order valence-electron chi connectivity index (χ4n) is 1.61. The molecule has 0 aliphatic carbocycles. The summed E-state index contributed by atoms with van der Waals surface area (Å²) in [6, 6.07) is 0.146. The molecule has 1 aromatic carbocycles. The minimum atomic E-state index is -1.52. The fraction of sp³-hybridized carbons (Fsp3) is 0.385. The molecule has 0 amide bonds. The molecule has 1 heterocycles. The van der Waals surface area contributed by atoms with Gasteiger partial charge in [0.25, 0.3) is 0 Å². The Bertz CT molecular complexity index is 635. The molecular weight excluding hydrogens is 288 g/mol. The highest BCUT2D eigenvalue weighted by molar-refractivity contribution is 5.36. The van der Waals surface area contributed by atoms with Gasteiger partial charge in [-0.05, 0) is 20.8 Å². The number of aromatic nitrogens is 3. The Morgan fingerprint density at radius 2 is 1.67 bits per heavy atom. The molecule has 4 nitrogen and oxygen atoms in total. The van der Waals surface area contributed by atoms with E-state index >= 15 is 0 Å². The third-order valence-corrected chi connectivity index (χ3v) is 2.66. The minimum Gasteiger partial charge on any atom is -0.306 e. The Morgan fingerprint density at radius 1 is 1.10 bits per heavy atom. The number of hydrogen-bond acceptors (Lipinski definition) is 3. The van der Waals surface area contributed by atoms with Gasteiger partial charge in [0.05, 0.1) is 11.9 Å². The quantitative estimate of drug-likeness (QED) is 0.700. The maximum atomic E-state index is 13.6. The van der Waals surface area contributed by atoms with Gasteiger partial charge in [0, 0.05) is 18.2 Å². The van der Waals surface area contributed by atoms with E-state index in [0.29, 0.717) is 16.9 Å². The summed E-state index contributed by atoms with van der Waals surface area (Å²) in [5.41, 5.74) is -0.735. The van der Waals surface area contributed by atoms with Crippen molar-refractivity contribution in [1.29, 1.82) is 0 Å². The Hall–Kier alpha value is -1.96. The molecule has 1 N–H and O–H groups in total. The number of hydrogen-bond donors (Lipinski definition) is 1. The van der Waals surface area contributed by atoms with Crippen LogP contribution < -0.4 is 5.32 Å². The number of nitrogens with one attached hydrogen (secondary N) is 1. The highest BCUT2D eigenvalue weighted by Gasteiger charge is 2.22. The van der Waals surface area contributed by atoms with Crippen LogP contribution in [0.3, 0.4) is 0 Å². The molecule has 0 unspecified atom stereocenters. The molecule has 0 aliphatic rings. The van der Waals surface area contributed by atoms with E-state index < -0.39 is 29.0 Å². The summed E-state index contributed by atoms with van der Waals surface area (Å²) < 4.78 is 54.3. The molecule has 0 aliphatic heterocycles. The molecule has 21 heavy (non-hydrogen) atoms. The Morgan fingerprint density at radius 3 is 2.19 bits per heavy atom. The van der Waals surface area contributed by atoms with Crippen molar-refractivity contribution in [2.24, 2.45) is 0 Å². The predicted molar refractivity (Wildman–Crippen MR) is 67.8 cm³/mol. The first-order valence-electron chi connectivity index (χ1n) is 6.18. The van der Waals surface area contributed by atoms with Crippen LogP contribution in [-0.4, -0.2) is 20.5 Å². The molecule has 0 atom stereocenters. The summed E-state index contributed by atoms with van der Waals surface area (Å²) in [6.07, 6.45) is 1.21. The van der Waals surface area contributed by atoms with Crippen LogP contribution in [0, 0.1) is 23.3 Å². The van der Waals surface area contributed by atoms with Gasteiger partial charge >= 0.3 is 0 Å². The molecule has 0 saturated heterocycles. The van der Waals surface area contributed by atoms with Crippen molar-refractivity contribution in [3.05, 3.63) is 41.2 Å². The summed E-state index contributed by atoms with van der Waals surface area (Å²) in [5.74, 6) is -6.02. The zero-order valence-corrected chi connectivity index (χ0v) is 11.7. The maximum Gasteiger partial charge on any atom is 0.187 e. The van der Waals surface area contributed by atoms with Crippen LogP contribution in [0.4, 0.5) is 17.6 Å². The van der Waals surface area contributed by atoms with Crippen molar-refractivity contribution < 1.29 is 17.6 Å². The number of halogens is 4. The lowest BCUT2D eigenvalue weighted by Gasteiger charge is -2.19.